The smallest absolute Gasteiger partial charge is 0.293 e. The largest absolute Gasteiger partial charge is 0.379 e. The summed E-state index contributed by atoms with van der Waals surface area (Å²) in [6.07, 6.45) is 5.59. The molecule has 1 aromatic carbocycles. The van der Waals surface area contributed by atoms with Crippen molar-refractivity contribution in [2.24, 2.45) is 5.92 Å². The van der Waals surface area contributed by atoms with Crippen LogP contribution in [0.15, 0.2) is 23.1 Å². The zero-order valence-corrected chi connectivity index (χ0v) is 16.1. The molecule has 4 rings (SSSR count). The zero-order chi connectivity index (χ0) is 19.0. The normalized spacial score (nSPS) is 26.7. The quantitative estimate of drug-likeness (QED) is 0.574. The van der Waals surface area contributed by atoms with Gasteiger partial charge in [-0.2, -0.15) is 4.31 Å². The van der Waals surface area contributed by atoms with Gasteiger partial charge >= 0.3 is 0 Å². The molecule has 8 nitrogen and oxygen atoms in total. The number of piperidine rings is 1. The third-order valence-corrected chi connectivity index (χ3v) is 7.95. The first-order valence-corrected chi connectivity index (χ1v) is 11.1. The number of rotatable bonds is 4. The lowest BCUT2D eigenvalue weighted by Crippen LogP contribution is -2.43. The number of anilines is 1. The highest BCUT2D eigenvalue weighted by molar-refractivity contribution is 7.89. The predicted octanol–water partition coefficient (Wildman–Crippen LogP) is 2.38. The molecule has 2 saturated heterocycles. The van der Waals surface area contributed by atoms with Crippen molar-refractivity contribution in [1.82, 2.24) is 4.31 Å². The number of nitrogens with zero attached hydrogens (tertiary/aromatic N) is 3. The molecule has 0 aromatic heterocycles. The summed E-state index contributed by atoms with van der Waals surface area (Å²) < 4.78 is 32.3. The fourth-order valence-electron chi connectivity index (χ4n) is 4.74. The van der Waals surface area contributed by atoms with E-state index < -0.39 is 14.9 Å². The second-order valence-electron chi connectivity index (χ2n) is 7.52. The number of sulfonamides is 1. The standard InChI is InChI=1S/C18H25N3O5S/c22-21(23)18-13-15(27(24,25)19-9-11-26-12-10-19)6-7-17(18)20-8-2-4-14-3-1-5-16(14)20/h6-7,13-14,16H,1-5,8-12H2. The van der Waals surface area contributed by atoms with Gasteiger partial charge in [-0.15, -0.1) is 0 Å². The number of ether oxygens (including phenoxy) is 1. The van der Waals surface area contributed by atoms with Gasteiger partial charge < -0.3 is 9.64 Å². The first-order chi connectivity index (χ1) is 13.0. The van der Waals surface area contributed by atoms with Crippen LogP contribution in [0.3, 0.4) is 0 Å². The van der Waals surface area contributed by atoms with E-state index in [1.807, 2.05) is 0 Å². The van der Waals surface area contributed by atoms with Gasteiger partial charge in [-0.05, 0) is 43.7 Å². The van der Waals surface area contributed by atoms with E-state index in [4.69, 9.17) is 4.74 Å². The molecule has 3 aliphatic rings. The second-order valence-corrected chi connectivity index (χ2v) is 9.46. The number of nitro groups is 1. The van der Waals surface area contributed by atoms with E-state index in [1.54, 1.807) is 6.07 Å². The van der Waals surface area contributed by atoms with Gasteiger partial charge in [-0.3, -0.25) is 10.1 Å². The fraction of sp³-hybridized carbons (Fsp3) is 0.667. The van der Waals surface area contributed by atoms with E-state index >= 15 is 0 Å². The summed E-state index contributed by atoms with van der Waals surface area (Å²) in [6, 6.07) is 4.72. The fourth-order valence-corrected chi connectivity index (χ4v) is 6.17. The van der Waals surface area contributed by atoms with Crippen LogP contribution in [0.2, 0.25) is 0 Å². The van der Waals surface area contributed by atoms with Crippen LogP contribution in [0.25, 0.3) is 0 Å². The number of hydrogen-bond acceptors (Lipinski definition) is 6. The number of nitro benzene ring substituents is 1. The van der Waals surface area contributed by atoms with Gasteiger partial charge in [0, 0.05) is 31.7 Å². The number of hydrogen-bond donors (Lipinski definition) is 0. The Balaban J connectivity index is 1.69. The molecule has 0 amide bonds. The van der Waals surface area contributed by atoms with E-state index in [0.29, 0.717) is 30.9 Å². The maximum Gasteiger partial charge on any atom is 0.293 e. The highest BCUT2D eigenvalue weighted by Gasteiger charge is 2.38. The van der Waals surface area contributed by atoms with Crippen molar-refractivity contribution in [2.75, 3.05) is 37.7 Å². The third-order valence-electron chi connectivity index (χ3n) is 6.05. The molecule has 9 heteroatoms. The number of benzene rings is 1. The molecule has 0 radical (unpaired) electrons. The van der Waals surface area contributed by atoms with Gasteiger partial charge in [0.2, 0.25) is 10.0 Å². The van der Waals surface area contributed by atoms with Crippen molar-refractivity contribution in [3.8, 4) is 0 Å². The van der Waals surface area contributed by atoms with E-state index in [0.717, 1.165) is 25.8 Å². The van der Waals surface area contributed by atoms with Crippen molar-refractivity contribution in [3.05, 3.63) is 28.3 Å². The van der Waals surface area contributed by atoms with Crippen molar-refractivity contribution in [2.45, 2.75) is 43.0 Å². The Morgan fingerprint density at radius 1 is 1.07 bits per heavy atom. The molecule has 0 N–H and O–H groups in total. The van der Waals surface area contributed by atoms with Crippen LogP contribution in [0.4, 0.5) is 11.4 Å². The van der Waals surface area contributed by atoms with Crippen LogP contribution < -0.4 is 4.90 Å². The molecule has 1 aliphatic carbocycles. The molecule has 2 atom stereocenters. The Morgan fingerprint density at radius 3 is 2.56 bits per heavy atom. The van der Waals surface area contributed by atoms with Gasteiger partial charge in [-0.25, -0.2) is 8.42 Å². The summed E-state index contributed by atoms with van der Waals surface area (Å²) in [7, 11) is -3.75. The highest BCUT2D eigenvalue weighted by atomic mass is 32.2. The summed E-state index contributed by atoms with van der Waals surface area (Å²) in [5, 5.41) is 11.8. The van der Waals surface area contributed by atoms with Gasteiger partial charge in [0.15, 0.2) is 0 Å². The van der Waals surface area contributed by atoms with Crippen molar-refractivity contribution >= 4 is 21.4 Å². The van der Waals surface area contributed by atoms with Crippen LogP contribution in [-0.4, -0.2) is 56.5 Å². The highest BCUT2D eigenvalue weighted by Crippen LogP contribution is 2.42. The molecule has 1 saturated carbocycles. The zero-order valence-electron chi connectivity index (χ0n) is 15.2. The summed E-state index contributed by atoms with van der Waals surface area (Å²) in [5.74, 6) is 0.593. The minimum absolute atomic E-state index is 0.0140. The van der Waals surface area contributed by atoms with Crippen molar-refractivity contribution in [1.29, 1.82) is 0 Å². The Kier molecular flexibility index (Phi) is 5.09. The molecule has 0 bridgehead atoms. The SMILES string of the molecule is O=[N+]([O-])c1cc(S(=O)(=O)N2CCOCC2)ccc1N1CCCC2CCCC21. The van der Waals surface area contributed by atoms with Crippen LogP contribution in [0.1, 0.15) is 32.1 Å². The van der Waals surface area contributed by atoms with Gasteiger partial charge in [-0.1, -0.05) is 6.42 Å². The lowest BCUT2D eigenvalue weighted by Gasteiger charge is -2.39. The van der Waals surface area contributed by atoms with Gasteiger partial charge in [0.1, 0.15) is 5.69 Å². The summed E-state index contributed by atoms with van der Waals surface area (Å²) in [4.78, 5) is 13.4. The number of fused-ring (bicyclic) bond motifs is 1. The molecule has 3 fully saturated rings. The third kappa shape index (κ3) is 3.43. The average Bonchev–Trinajstić information content (AvgIpc) is 3.17. The maximum atomic E-state index is 12.9. The average molecular weight is 395 g/mol. The van der Waals surface area contributed by atoms with Gasteiger partial charge in [0.05, 0.1) is 23.0 Å². The maximum absolute atomic E-state index is 12.9. The summed E-state index contributed by atoms with van der Waals surface area (Å²) >= 11 is 0. The van der Waals surface area contributed by atoms with Gasteiger partial charge in [0.25, 0.3) is 5.69 Å². The first-order valence-electron chi connectivity index (χ1n) is 9.61. The summed E-state index contributed by atoms with van der Waals surface area (Å²) in [6.45, 7) is 2.02. The molecular weight excluding hydrogens is 370 g/mol. The molecule has 27 heavy (non-hydrogen) atoms. The van der Waals surface area contributed by atoms with Crippen LogP contribution >= 0.6 is 0 Å². The Labute approximate surface area is 159 Å². The van der Waals surface area contributed by atoms with E-state index in [-0.39, 0.29) is 23.7 Å². The molecule has 2 heterocycles. The topological polar surface area (TPSA) is 93.0 Å². The first kappa shape index (κ1) is 18.6. The van der Waals surface area contributed by atoms with E-state index in [2.05, 4.69) is 4.90 Å². The van der Waals surface area contributed by atoms with Crippen LogP contribution in [0, 0.1) is 16.0 Å². The second kappa shape index (κ2) is 7.37. The van der Waals surface area contributed by atoms with Crippen molar-refractivity contribution < 1.29 is 18.1 Å². The van der Waals surface area contributed by atoms with Crippen LogP contribution in [0.5, 0.6) is 0 Å². The molecule has 2 unspecified atom stereocenters. The van der Waals surface area contributed by atoms with E-state index in [9.17, 15) is 18.5 Å². The minimum atomic E-state index is -3.75. The van der Waals surface area contributed by atoms with Crippen molar-refractivity contribution in [3.63, 3.8) is 0 Å². The lowest BCUT2D eigenvalue weighted by atomic mass is 9.91. The molecule has 148 valence electrons. The molecule has 1 aromatic rings. The molecular formula is C18H25N3O5S. The lowest BCUT2D eigenvalue weighted by molar-refractivity contribution is -0.384. The molecule has 0 spiro atoms. The monoisotopic (exact) mass is 395 g/mol. The van der Waals surface area contributed by atoms with Crippen LogP contribution in [-0.2, 0) is 14.8 Å². The Bertz CT molecular complexity index is 822. The minimum Gasteiger partial charge on any atom is -0.379 e. The molecule has 2 aliphatic heterocycles. The Morgan fingerprint density at radius 2 is 1.81 bits per heavy atom. The Hall–Kier alpha value is -1.71. The number of morpholine rings is 1. The summed E-state index contributed by atoms with van der Waals surface area (Å²) in [5.41, 5.74) is 0.439. The van der Waals surface area contributed by atoms with E-state index in [1.165, 1.54) is 29.3 Å². The predicted molar refractivity (Wildman–Crippen MR) is 100 cm³/mol.